The van der Waals surface area contributed by atoms with Gasteiger partial charge >= 0.3 is 6.03 Å². The van der Waals surface area contributed by atoms with Gasteiger partial charge in [0.05, 0.1) is 6.04 Å². The summed E-state index contributed by atoms with van der Waals surface area (Å²) in [5, 5.41) is 18.3. The number of benzene rings is 2. The molecule has 0 saturated heterocycles. The Balaban J connectivity index is 1.11. The molecule has 0 spiro atoms. The first-order valence-corrected chi connectivity index (χ1v) is 16.7. The highest BCUT2D eigenvalue weighted by molar-refractivity contribution is 5.75. The summed E-state index contributed by atoms with van der Waals surface area (Å²) in [6, 6.07) is 20.4. The van der Waals surface area contributed by atoms with E-state index in [9.17, 15) is 9.90 Å². The molecule has 3 saturated carbocycles. The lowest BCUT2D eigenvalue weighted by molar-refractivity contribution is 0.0470. The van der Waals surface area contributed by atoms with Crippen molar-refractivity contribution in [1.82, 2.24) is 15.5 Å². The molecule has 2 aromatic carbocycles. The maximum Gasteiger partial charge on any atom is 0.315 e. The fraction of sp³-hybridized carbons (Fsp3) is 0.639. The van der Waals surface area contributed by atoms with E-state index in [4.69, 9.17) is 0 Å². The third-order valence-electron chi connectivity index (χ3n) is 10.5. The van der Waals surface area contributed by atoms with Crippen LogP contribution < -0.4 is 10.6 Å². The van der Waals surface area contributed by atoms with E-state index >= 15 is 0 Å². The second kappa shape index (κ2) is 14.7. The summed E-state index contributed by atoms with van der Waals surface area (Å²) >= 11 is 0. The quantitative estimate of drug-likeness (QED) is 0.282. The molecule has 0 bridgehead atoms. The molecular weight excluding hydrogens is 506 g/mol. The van der Waals surface area contributed by atoms with Crippen molar-refractivity contribution in [2.45, 2.75) is 133 Å². The number of hydrogen-bond acceptors (Lipinski definition) is 3. The van der Waals surface area contributed by atoms with E-state index in [-0.39, 0.29) is 12.1 Å². The van der Waals surface area contributed by atoms with Crippen LogP contribution >= 0.6 is 0 Å². The van der Waals surface area contributed by atoms with Gasteiger partial charge in [-0.15, -0.1) is 0 Å². The third-order valence-corrected chi connectivity index (χ3v) is 10.5. The van der Waals surface area contributed by atoms with Crippen molar-refractivity contribution in [3.8, 4) is 0 Å². The largest absolute Gasteiger partial charge is 0.378 e. The SMILES string of the molecule is C[C@H](NC(=O)NC1CCC(CCN(C2CCCCC2)C2CCCCC2)CC1)C(O)(c1ccccc1)c1ccccc1. The molecule has 224 valence electrons. The Morgan fingerprint density at radius 3 is 1.76 bits per heavy atom. The van der Waals surface area contributed by atoms with Gasteiger partial charge in [-0.3, -0.25) is 4.90 Å². The summed E-state index contributed by atoms with van der Waals surface area (Å²) in [5.74, 6) is 0.769. The maximum absolute atomic E-state index is 13.1. The molecule has 1 atom stereocenters. The molecule has 5 nitrogen and oxygen atoms in total. The lowest BCUT2D eigenvalue weighted by Gasteiger charge is -2.42. The fourth-order valence-corrected chi connectivity index (χ4v) is 8.00. The first-order chi connectivity index (χ1) is 20.0. The van der Waals surface area contributed by atoms with E-state index < -0.39 is 11.6 Å². The number of nitrogens with one attached hydrogen (secondary N) is 2. The van der Waals surface area contributed by atoms with E-state index in [1.54, 1.807) is 0 Å². The number of aliphatic hydroxyl groups is 1. The summed E-state index contributed by atoms with van der Waals surface area (Å²) in [7, 11) is 0. The summed E-state index contributed by atoms with van der Waals surface area (Å²) in [4.78, 5) is 16.1. The molecule has 3 aliphatic carbocycles. The van der Waals surface area contributed by atoms with Crippen LogP contribution in [0.25, 0.3) is 0 Å². The van der Waals surface area contributed by atoms with E-state index in [0.29, 0.717) is 0 Å². The Hall–Kier alpha value is -2.37. The van der Waals surface area contributed by atoms with Gasteiger partial charge in [-0.2, -0.15) is 0 Å². The van der Waals surface area contributed by atoms with Crippen LogP contribution in [0.2, 0.25) is 0 Å². The first kappa shape index (κ1) is 30.1. The fourth-order valence-electron chi connectivity index (χ4n) is 8.00. The number of hydrogen-bond donors (Lipinski definition) is 3. The zero-order valence-corrected chi connectivity index (χ0v) is 25.3. The first-order valence-electron chi connectivity index (χ1n) is 16.7. The number of rotatable bonds is 10. The van der Waals surface area contributed by atoms with E-state index in [0.717, 1.165) is 42.0 Å². The van der Waals surface area contributed by atoms with Crippen molar-refractivity contribution in [3.05, 3.63) is 71.8 Å². The van der Waals surface area contributed by atoms with Gasteiger partial charge in [-0.1, -0.05) is 99.2 Å². The highest BCUT2D eigenvalue weighted by atomic mass is 16.3. The molecule has 0 heterocycles. The average Bonchev–Trinajstić information content (AvgIpc) is 3.03. The van der Waals surface area contributed by atoms with Crippen molar-refractivity contribution in [2.24, 2.45) is 5.92 Å². The molecule has 0 unspecified atom stereocenters. The third kappa shape index (κ3) is 7.73. The highest BCUT2D eigenvalue weighted by Crippen LogP contribution is 2.34. The normalized spacial score (nSPS) is 23.7. The molecular formula is C36H53N3O2. The monoisotopic (exact) mass is 559 g/mol. The van der Waals surface area contributed by atoms with Crippen LogP contribution in [0.15, 0.2) is 60.7 Å². The van der Waals surface area contributed by atoms with Crippen LogP contribution in [0, 0.1) is 5.92 Å². The zero-order valence-electron chi connectivity index (χ0n) is 25.3. The number of amides is 2. The predicted octanol–water partition coefficient (Wildman–Crippen LogP) is 7.53. The summed E-state index contributed by atoms with van der Waals surface area (Å²) in [6.07, 6.45) is 19.9. The molecule has 0 aliphatic heterocycles. The number of urea groups is 1. The summed E-state index contributed by atoms with van der Waals surface area (Å²) in [6.45, 7) is 3.16. The number of nitrogens with zero attached hydrogens (tertiary/aromatic N) is 1. The van der Waals surface area contributed by atoms with Crippen LogP contribution in [0.3, 0.4) is 0 Å². The minimum Gasteiger partial charge on any atom is -0.378 e. The Morgan fingerprint density at radius 1 is 0.780 bits per heavy atom. The summed E-state index contributed by atoms with van der Waals surface area (Å²) in [5.41, 5.74) is 0.227. The van der Waals surface area contributed by atoms with Gasteiger partial charge in [0.2, 0.25) is 0 Å². The second-order valence-corrected chi connectivity index (χ2v) is 13.2. The Labute approximate surface area is 248 Å². The van der Waals surface area contributed by atoms with Crippen molar-refractivity contribution in [2.75, 3.05) is 6.54 Å². The lowest BCUT2D eigenvalue weighted by atomic mass is 9.81. The molecule has 5 rings (SSSR count). The van der Waals surface area contributed by atoms with Gasteiger partial charge in [-0.25, -0.2) is 4.79 Å². The number of carbonyl (C=O) groups is 1. The smallest absolute Gasteiger partial charge is 0.315 e. The molecule has 41 heavy (non-hydrogen) atoms. The van der Waals surface area contributed by atoms with Gasteiger partial charge in [0.15, 0.2) is 0 Å². The van der Waals surface area contributed by atoms with Gasteiger partial charge < -0.3 is 15.7 Å². The van der Waals surface area contributed by atoms with Gasteiger partial charge in [0, 0.05) is 18.1 Å². The van der Waals surface area contributed by atoms with Gasteiger partial charge in [0.1, 0.15) is 5.60 Å². The topological polar surface area (TPSA) is 64.6 Å². The van der Waals surface area contributed by atoms with Crippen LogP contribution in [0.5, 0.6) is 0 Å². The van der Waals surface area contributed by atoms with Gasteiger partial charge in [0.25, 0.3) is 0 Å². The molecule has 3 fully saturated rings. The Kier molecular flexibility index (Phi) is 10.8. The molecule has 2 amide bonds. The Morgan fingerprint density at radius 2 is 1.27 bits per heavy atom. The molecule has 3 aliphatic rings. The maximum atomic E-state index is 13.1. The van der Waals surface area contributed by atoms with Crippen molar-refractivity contribution in [3.63, 3.8) is 0 Å². The molecule has 3 N–H and O–H groups in total. The van der Waals surface area contributed by atoms with Crippen molar-refractivity contribution in [1.29, 1.82) is 0 Å². The standard InChI is InChI=1S/C36H53N3O2/c1-28(36(41,30-14-6-2-7-15-30)31-16-8-3-9-17-31)37-35(40)38-32-24-22-29(23-25-32)26-27-39(33-18-10-4-11-19-33)34-20-12-5-13-21-34/h2-3,6-9,14-17,28-29,32-34,41H,4-5,10-13,18-27H2,1H3,(H2,37,38,40)/t28-,29?,32?/m0/s1. The lowest BCUT2D eigenvalue weighted by Crippen LogP contribution is -2.54. The predicted molar refractivity (Wildman–Crippen MR) is 168 cm³/mol. The van der Waals surface area contributed by atoms with E-state index in [1.807, 2.05) is 67.6 Å². The minimum atomic E-state index is -1.32. The van der Waals surface area contributed by atoms with E-state index in [2.05, 4.69) is 15.5 Å². The Bertz CT molecular complexity index is 984. The average molecular weight is 560 g/mol. The summed E-state index contributed by atoms with van der Waals surface area (Å²) < 4.78 is 0. The minimum absolute atomic E-state index is 0.188. The van der Waals surface area contributed by atoms with Crippen molar-refractivity contribution >= 4 is 6.03 Å². The molecule has 5 heteroatoms. The van der Waals surface area contributed by atoms with Crippen molar-refractivity contribution < 1.29 is 9.90 Å². The second-order valence-electron chi connectivity index (χ2n) is 13.2. The van der Waals surface area contributed by atoms with Crippen LogP contribution in [0.1, 0.15) is 114 Å². The highest BCUT2D eigenvalue weighted by Gasteiger charge is 2.39. The molecule has 0 aromatic heterocycles. The zero-order chi connectivity index (χ0) is 28.5. The molecule has 2 aromatic rings. The molecule has 0 radical (unpaired) electrons. The van der Waals surface area contributed by atoms with Crippen LogP contribution in [-0.2, 0) is 5.60 Å². The number of carbonyl (C=O) groups excluding carboxylic acids is 1. The van der Waals surface area contributed by atoms with Crippen LogP contribution in [-0.4, -0.2) is 46.7 Å². The van der Waals surface area contributed by atoms with E-state index in [1.165, 1.54) is 90.0 Å². The van der Waals surface area contributed by atoms with Crippen LogP contribution in [0.4, 0.5) is 4.79 Å². The van der Waals surface area contributed by atoms with Gasteiger partial charge in [-0.05, 0) is 88.3 Å².